The quantitative estimate of drug-likeness (QED) is 0.495. The molecule has 1 aliphatic heterocycles. The number of hydrogen-bond donors (Lipinski definition) is 2. The van der Waals surface area contributed by atoms with Gasteiger partial charge in [0.1, 0.15) is 0 Å². The average Bonchev–Trinajstić information content (AvgIpc) is 3.70. The van der Waals surface area contributed by atoms with Gasteiger partial charge < -0.3 is 20.5 Å². The molecule has 0 unspecified atom stereocenters. The van der Waals surface area contributed by atoms with Gasteiger partial charge in [0, 0.05) is 56.8 Å². The Morgan fingerprint density at radius 1 is 1.18 bits per heavy atom. The highest BCUT2D eigenvalue weighted by Crippen LogP contribution is 2.41. The maximum Gasteiger partial charge on any atom is 0.176 e. The number of pyridine rings is 1. The van der Waals surface area contributed by atoms with Gasteiger partial charge in [-0.3, -0.25) is 14.7 Å². The molecule has 1 saturated heterocycles. The number of benzene rings is 2. The van der Waals surface area contributed by atoms with Crippen molar-refractivity contribution in [2.75, 3.05) is 51.3 Å². The second-order valence-corrected chi connectivity index (χ2v) is 9.42. The molecule has 178 valence electrons. The fourth-order valence-corrected chi connectivity index (χ4v) is 4.93. The van der Waals surface area contributed by atoms with Crippen LogP contribution in [-0.2, 0) is 0 Å². The molecule has 0 radical (unpaired) electrons. The van der Waals surface area contributed by atoms with Crippen LogP contribution in [-0.4, -0.2) is 67.2 Å². The number of ether oxygens (including phenoxy) is 1. The normalized spacial score (nSPS) is 16.7. The molecule has 2 heterocycles. The number of rotatable bonds is 7. The molecule has 5 rings (SSSR count). The van der Waals surface area contributed by atoms with E-state index in [0.29, 0.717) is 17.9 Å². The first kappa shape index (κ1) is 22.9. The van der Waals surface area contributed by atoms with Crippen molar-refractivity contribution in [1.29, 1.82) is 0 Å². The van der Waals surface area contributed by atoms with E-state index >= 15 is 0 Å². The number of aromatic nitrogens is 1. The smallest absolute Gasteiger partial charge is 0.176 e. The van der Waals surface area contributed by atoms with Crippen LogP contribution in [0.1, 0.15) is 23.2 Å². The molecule has 0 spiro atoms. The molecule has 8 heteroatoms. The van der Waals surface area contributed by atoms with Crippen molar-refractivity contribution in [3.8, 4) is 22.6 Å². The number of halogens is 1. The van der Waals surface area contributed by atoms with Crippen LogP contribution in [0.25, 0.3) is 22.0 Å². The first-order valence-electron chi connectivity index (χ1n) is 11.7. The molecular weight excluding hydrogens is 452 g/mol. The number of nitrogens with zero attached hydrogens (tertiary/aromatic N) is 3. The van der Waals surface area contributed by atoms with Crippen molar-refractivity contribution < 1.29 is 14.6 Å². The van der Waals surface area contributed by atoms with Gasteiger partial charge in [-0.05, 0) is 48.2 Å². The standard InChI is InChI=1S/C26H29ClN4O3/c1-34-23-14-18(13-21(27)26(23)33)17-4-5-22-19(12-17)24(20(15-29-22)25(32)16-2-3-16)31-10-8-30(7-6-28)9-11-31/h4-5,12-16,33H,2-3,6-11,28H2,1H3. The lowest BCUT2D eigenvalue weighted by Gasteiger charge is -2.37. The van der Waals surface area contributed by atoms with Crippen LogP contribution in [0.3, 0.4) is 0 Å². The Morgan fingerprint density at radius 3 is 2.62 bits per heavy atom. The number of carbonyl (C=O) groups is 1. The predicted molar refractivity (Wildman–Crippen MR) is 135 cm³/mol. The molecule has 1 aromatic heterocycles. The molecule has 3 aromatic rings. The first-order chi connectivity index (χ1) is 16.5. The summed E-state index contributed by atoms with van der Waals surface area (Å²) in [7, 11) is 1.50. The molecule has 0 bridgehead atoms. The minimum absolute atomic E-state index is 0.0799. The fraction of sp³-hybridized carbons (Fsp3) is 0.385. The molecule has 0 atom stereocenters. The molecule has 7 nitrogen and oxygen atoms in total. The van der Waals surface area contributed by atoms with Crippen molar-refractivity contribution in [2.45, 2.75) is 12.8 Å². The number of aromatic hydroxyl groups is 1. The summed E-state index contributed by atoms with van der Waals surface area (Å²) >= 11 is 6.26. The van der Waals surface area contributed by atoms with E-state index in [0.717, 1.165) is 73.3 Å². The van der Waals surface area contributed by atoms with E-state index in [9.17, 15) is 9.90 Å². The third-order valence-corrected chi connectivity index (χ3v) is 7.06. The summed E-state index contributed by atoms with van der Waals surface area (Å²) in [5, 5.41) is 11.3. The summed E-state index contributed by atoms with van der Waals surface area (Å²) in [5.41, 5.74) is 10.00. The topological polar surface area (TPSA) is 91.9 Å². The SMILES string of the molecule is COc1cc(-c2ccc3ncc(C(=O)C4CC4)c(N4CCN(CCN)CC4)c3c2)cc(Cl)c1O. The number of fused-ring (bicyclic) bond motifs is 1. The van der Waals surface area contributed by atoms with Crippen molar-refractivity contribution in [3.63, 3.8) is 0 Å². The number of Topliss-reactive ketones (excluding diaryl/α,β-unsaturated/α-hetero) is 1. The molecule has 2 fully saturated rings. The van der Waals surface area contributed by atoms with Crippen molar-refractivity contribution in [2.24, 2.45) is 11.7 Å². The zero-order valence-electron chi connectivity index (χ0n) is 19.3. The second kappa shape index (κ2) is 9.41. The van der Waals surface area contributed by atoms with E-state index in [1.54, 1.807) is 18.3 Å². The molecule has 0 amide bonds. The van der Waals surface area contributed by atoms with E-state index in [4.69, 9.17) is 22.1 Å². The van der Waals surface area contributed by atoms with Gasteiger partial charge in [0.25, 0.3) is 0 Å². The molecule has 34 heavy (non-hydrogen) atoms. The summed E-state index contributed by atoms with van der Waals surface area (Å²) in [6.45, 7) is 4.99. The minimum atomic E-state index is -0.0799. The Kier molecular flexibility index (Phi) is 6.34. The number of carbonyl (C=O) groups excluding carboxylic acids is 1. The highest BCUT2D eigenvalue weighted by Gasteiger charge is 2.34. The van der Waals surface area contributed by atoms with Gasteiger partial charge in [-0.25, -0.2) is 0 Å². The van der Waals surface area contributed by atoms with Gasteiger partial charge in [-0.15, -0.1) is 0 Å². The van der Waals surface area contributed by atoms with E-state index in [1.807, 2.05) is 12.1 Å². The molecule has 3 N–H and O–H groups in total. The highest BCUT2D eigenvalue weighted by molar-refractivity contribution is 6.32. The van der Waals surface area contributed by atoms with E-state index in [2.05, 4.69) is 20.9 Å². The van der Waals surface area contributed by atoms with Gasteiger partial charge in [0.15, 0.2) is 17.3 Å². The number of anilines is 1. The number of piperazine rings is 1. The van der Waals surface area contributed by atoms with E-state index in [1.165, 1.54) is 7.11 Å². The largest absolute Gasteiger partial charge is 0.503 e. The van der Waals surface area contributed by atoms with Crippen LogP contribution in [0.2, 0.25) is 5.02 Å². The Hall–Kier alpha value is -2.87. The van der Waals surface area contributed by atoms with Crippen LogP contribution >= 0.6 is 11.6 Å². The highest BCUT2D eigenvalue weighted by atomic mass is 35.5. The number of nitrogens with two attached hydrogens (primary N) is 1. The average molecular weight is 481 g/mol. The number of phenols is 1. The molecule has 1 saturated carbocycles. The third-order valence-electron chi connectivity index (χ3n) is 6.77. The lowest BCUT2D eigenvalue weighted by molar-refractivity contribution is 0.0967. The minimum Gasteiger partial charge on any atom is -0.503 e. The van der Waals surface area contributed by atoms with Gasteiger partial charge >= 0.3 is 0 Å². The number of ketones is 1. The predicted octanol–water partition coefficient (Wildman–Crippen LogP) is 3.94. The summed E-state index contributed by atoms with van der Waals surface area (Å²) < 4.78 is 5.29. The van der Waals surface area contributed by atoms with Crippen molar-refractivity contribution in [1.82, 2.24) is 9.88 Å². The summed E-state index contributed by atoms with van der Waals surface area (Å²) in [4.78, 5) is 22.6. The zero-order chi connectivity index (χ0) is 23.8. The second-order valence-electron chi connectivity index (χ2n) is 9.02. The lowest BCUT2D eigenvalue weighted by atomic mass is 9.98. The monoisotopic (exact) mass is 480 g/mol. The van der Waals surface area contributed by atoms with Crippen LogP contribution < -0.4 is 15.4 Å². The van der Waals surface area contributed by atoms with Crippen molar-refractivity contribution in [3.05, 3.63) is 47.1 Å². The number of hydrogen-bond acceptors (Lipinski definition) is 7. The third kappa shape index (κ3) is 4.31. The lowest BCUT2D eigenvalue weighted by Crippen LogP contribution is -2.48. The fourth-order valence-electron chi connectivity index (χ4n) is 4.72. The summed E-state index contributed by atoms with van der Waals surface area (Å²) in [6.07, 6.45) is 3.66. The van der Waals surface area contributed by atoms with Gasteiger partial charge in [-0.1, -0.05) is 17.7 Å². The molecule has 2 aliphatic rings. The Labute approximate surface area is 204 Å². The number of methoxy groups -OCH3 is 1. The molecule has 2 aromatic carbocycles. The molecular formula is C26H29ClN4O3. The Balaban J connectivity index is 1.62. The maximum atomic E-state index is 13.2. The maximum absolute atomic E-state index is 13.2. The summed E-state index contributed by atoms with van der Waals surface area (Å²) in [5.74, 6) is 0.534. The van der Waals surface area contributed by atoms with Crippen LogP contribution in [0.5, 0.6) is 11.5 Å². The van der Waals surface area contributed by atoms with Crippen LogP contribution in [0.4, 0.5) is 5.69 Å². The van der Waals surface area contributed by atoms with Gasteiger partial charge in [0.05, 0.1) is 28.9 Å². The Morgan fingerprint density at radius 2 is 1.94 bits per heavy atom. The molecule has 1 aliphatic carbocycles. The van der Waals surface area contributed by atoms with Crippen molar-refractivity contribution >= 4 is 34.0 Å². The van der Waals surface area contributed by atoms with Crippen LogP contribution in [0, 0.1) is 5.92 Å². The van der Waals surface area contributed by atoms with Crippen LogP contribution in [0.15, 0.2) is 36.5 Å². The van der Waals surface area contributed by atoms with E-state index in [-0.39, 0.29) is 22.5 Å². The van der Waals surface area contributed by atoms with E-state index < -0.39 is 0 Å². The summed E-state index contributed by atoms with van der Waals surface area (Å²) in [6, 6.07) is 9.49. The van der Waals surface area contributed by atoms with Gasteiger partial charge in [-0.2, -0.15) is 0 Å². The zero-order valence-corrected chi connectivity index (χ0v) is 20.0. The Bertz CT molecular complexity index is 1240. The van der Waals surface area contributed by atoms with Gasteiger partial charge in [0.2, 0.25) is 0 Å². The first-order valence-corrected chi connectivity index (χ1v) is 12.1. The number of phenolic OH excluding ortho intramolecular Hbond substituents is 1.